The molecule has 0 amide bonds. The van der Waals surface area contributed by atoms with Gasteiger partial charge in [-0.25, -0.2) is 0 Å². The van der Waals surface area contributed by atoms with E-state index in [1.807, 2.05) is 0 Å². The molecule has 0 aromatic heterocycles. The highest BCUT2D eigenvalue weighted by Gasteiger charge is 2.46. The maximum Gasteiger partial charge on any atom is -0.0222 e. The Morgan fingerprint density at radius 1 is 1.32 bits per heavy atom. The van der Waals surface area contributed by atoms with E-state index < -0.39 is 0 Å². The zero-order valence-electron chi connectivity index (χ0n) is 13.6. The van der Waals surface area contributed by atoms with Crippen LogP contribution in [0, 0.1) is 29.1 Å². The van der Waals surface area contributed by atoms with Gasteiger partial charge >= 0.3 is 0 Å². The fourth-order valence-corrected chi connectivity index (χ4v) is 4.64. The highest BCUT2D eigenvalue weighted by atomic mass is 14.5. The van der Waals surface area contributed by atoms with Gasteiger partial charge in [0.1, 0.15) is 0 Å². The van der Waals surface area contributed by atoms with Gasteiger partial charge in [-0.1, -0.05) is 45.9 Å². The van der Waals surface area contributed by atoms with Gasteiger partial charge in [-0.2, -0.15) is 0 Å². The van der Waals surface area contributed by atoms with Gasteiger partial charge in [-0.3, -0.25) is 0 Å². The Morgan fingerprint density at radius 3 is 2.58 bits per heavy atom. The van der Waals surface area contributed by atoms with Crippen LogP contribution in [0.4, 0.5) is 0 Å². The van der Waals surface area contributed by atoms with Crippen LogP contribution in [0.25, 0.3) is 0 Å². The predicted molar refractivity (Wildman–Crippen MR) is 85.1 cm³/mol. The van der Waals surface area contributed by atoms with Crippen LogP contribution in [0.15, 0.2) is 23.8 Å². The molecular weight excluding hydrogens is 228 g/mol. The smallest absolute Gasteiger partial charge is 0.0222 e. The number of fused-ring (bicyclic) bond motifs is 1. The van der Waals surface area contributed by atoms with Gasteiger partial charge in [0.2, 0.25) is 0 Å². The first kappa shape index (κ1) is 14.9. The van der Waals surface area contributed by atoms with E-state index in [1.165, 1.54) is 37.7 Å². The minimum Gasteiger partial charge on any atom is -0.0958 e. The lowest BCUT2D eigenvalue weighted by Gasteiger charge is -2.39. The van der Waals surface area contributed by atoms with E-state index in [-0.39, 0.29) is 0 Å². The van der Waals surface area contributed by atoms with Crippen molar-refractivity contribution in [3.05, 3.63) is 23.8 Å². The summed E-state index contributed by atoms with van der Waals surface area (Å²) >= 11 is 0. The van der Waals surface area contributed by atoms with Crippen molar-refractivity contribution in [2.45, 2.75) is 66.7 Å². The van der Waals surface area contributed by atoms with E-state index in [0.29, 0.717) is 5.41 Å². The highest BCUT2D eigenvalue weighted by molar-refractivity contribution is 5.29. The molecule has 2 aliphatic carbocycles. The molecule has 0 bridgehead atoms. The molecule has 0 aliphatic heterocycles. The molecule has 2 aliphatic rings. The second-order valence-electron chi connectivity index (χ2n) is 7.91. The Morgan fingerprint density at radius 2 is 2.00 bits per heavy atom. The summed E-state index contributed by atoms with van der Waals surface area (Å²) in [6.07, 6.45) is 9.42. The third-order valence-corrected chi connectivity index (χ3v) is 5.88. The molecule has 0 heterocycles. The zero-order valence-corrected chi connectivity index (χ0v) is 13.6. The van der Waals surface area contributed by atoms with Crippen LogP contribution in [-0.4, -0.2) is 0 Å². The molecule has 0 heteroatoms. The molecule has 0 aromatic rings. The predicted octanol–water partition coefficient (Wildman–Crippen LogP) is 6.00. The lowest BCUT2D eigenvalue weighted by atomic mass is 9.66. The van der Waals surface area contributed by atoms with Gasteiger partial charge in [0, 0.05) is 0 Å². The number of hydrogen-bond acceptors (Lipinski definition) is 0. The molecule has 0 spiro atoms. The number of rotatable bonds is 2. The van der Waals surface area contributed by atoms with Crippen molar-refractivity contribution in [1.82, 2.24) is 0 Å². The van der Waals surface area contributed by atoms with E-state index in [2.05, 4.69) is 47.3 Å². The van der Waals surface area contributed by atoms with Gasteiger partial charge < -0.3 is 0 Å². The largest absolute Gasteiger partial charge is 0.0958 e. The van der Waals surface area contributed by atoms with Crippen LogP contribution in [0.3, 0.4) is 0 Å². The Kier molecular flexibility index (Phi) is 4.28. The van der Waals surface area contributed by atoms with Crippen molar-refractivity contribution in [2.24, 2.45) is 29.1 Å². The summed E-state index contributed by atoms with van der Waals surface area (Å²) in [6, 6.07) is 0. The Balaban J connectivity index is 2.29. The second kappa shape index (κ2) is 5.46. The normalized spacial score (nSPS) is 42.2. The second-order valence-corrected chi connectivity index (χ2v) is 7.91. The summed E-state index contributed by atoms with van der Waals surface area (Å²) in [4.78, 5) is 0. The fourth-order valence-electron chi connectivity index (χ4n) is 4.64. The number of allylic oxidation sites excluding steroid dienone is 3. The minimum absolute atomic E-state index is 0.528. The first-order valence-corrected chi connectivity index (χ1v) is 8.20. The van der Waals surface area contributed by atoms with Crippen LogP contribution >= 0.6 is 0 Å². The minimum atomic E-state index is 0.528. The Hall–Kier alpha value is -0.520. The molecule has 1 saturated carbocycles. The highest BCUT2D eigenvalue weighted by Crippen LogP contribution is 2.56. The molecular formula is C19H32. The molecule has 0 unspecified atom stereocenters. The molecule has 0 nitrogen and oxygen atoms in total. The van der Waals surface area contributed by atoms with Gasteiger partial charge in [0.15, 0.2) is 0 Å². The summed E-state index contributed by atoms with van der Waals surface area (Å²) in [5.41, 5.74) is 3.37. The van der Waals surface area contributed by atoms with Crippen LogP contribution in [-0.2, 0) is 0 Å². The van der Waals surface area contributed by atoms with E-state index in [4.69, 9.17) is 0 Å². The molecule has 19 heavy (non-hydrogen) atoms. The molecule has 0 aromatic carbocycles. The van der Waals surface area contributed by atoms with E-state index in [9.17, 15) is 0 Å². The van der Waals surface area contributed by atoms with Gasteiger partial charge in [0.25, 0.3) is 0 Å². The molecule has 108 valence electrons. The lowest BCUT2D eigenvalue weighted by molar-refractivity contribution is 0.144. The molecule has 1 fully saturated rings. The van der Waals surface area contributed by atoms with Crippen molar-refractivity contribution >= 4 is 0 Å². The van der Waals surface area contributed by atoms with E-state index in [1.54, 1.807) is 5.57 Å². The monoisotopic (exact) mass is 260 g/mol. The molecule has 0 saturated heterocycles. The first-order chi connectivity index (χ1) is 8.83. The average molecular weight is 260 g/mol. The molecule has 0 N–H and O–H groups in total. The van der Waals surface area contributed by atoms with Crippen LogP contribution in [0.2, 0.25) is 0 Å². The lowest BCUT2D eigenvalue weighted by Crippen LogP contribution is -2.30. The SMILES string of the molecule is C=C(C)/C1=C/[C@@H](C)CC[C@H]2[C@@H](C(C)C)CC[C@]2(C)C1. The summed E-state index contributed by atoms with van der Waals surface area (Å²) < 4.78 is 0. The van der Waals surface area contributed by atoms with Crippen LogP contribution in [0.1, 0.15) is 66.7 Å². The topological polar surface area (TPSA) is 0 Å². The van der Waals surface area contributed by atoms with Crippen LogP contribution in [0.5, 0.6) is 0 Å². The van der Waals surface area contributed by atoms with Crippen molar-refractivity contribution < 1.29 is 0 Å². The van der Waals surface area contributed by atoms with Crippen LogP contribution < -0.4 is 0 Å². The van der Waals surface area contributed by atoms with Crippen molar-refractivity contribution in [2.75, 3.05) is 0 Å². The van der Waals surface area contributed by atoms with E-state index >= 15 is 0 Å². The quantitative estimate of drug-likeness (QED) is 0.571. The standard InChI is InChI=1S/C19H32/c1-13(2)16-11-15(5)7-8-18-17(14(3)4)9-10-19(18,6)12-16/h11,14-15,17-18H,1,7-10,12H2,2-6H3/b16-11+/t15-,17+,18-,19+/m0/s1. The first-order valence-electron chi connectivity index (χ1n) is 8.20. The Bertz CT molecular complexity index is 373. The Labute approximate surface area is 120 Å². The van der Waals surface area contributed by atoms with Gasteiger partial charge in [-0.05, 0) is 73.7 Å². The zero-order chi connectivity index (χ0) is 14.2. The summed E-state index contributed by atoms with van der Waals surface area (Å²) in [5.74, 6) is 3.45. The maximum atomic E-state index is 4.22. The average Bonchev–Trinajstić information content (AvgIpc) is 2.60. The maximum absolute atomic E-state index is 4.22. The summed E-state index contributed by atoms with van der Waals surface area (Å²) in [6.45, 7) is 16.2. The fraction of sp³-hybridized carbons (Fsp3) is 0.789. The van der Waals surface area contributed by atoms with Crippen molar-refractivity contribution in [3.8, 4) is 0 Å². The third kappa shape index (κ3) is 2.98. The van der Waals surface area contributed by atoms with Gasteiger partial charge in [-0.15, -0.1) is 0 Å². The van der Waals surface area contributed by atoms with Crippen molar-refractivity contribution in [1.29, 1.82) is 0 Å². The third-order valence-electron chi connectivity index (χ3n) is 5.88. The molecule has 0 radical (unpaired) electrons. The molecule has 2 rings (SSSR count). The summed E-state index contributed by atoms with van der Waals surface area (Å²) in [7, 11) is 0. The van der Waals surface area contributed by atoms with E-state index in [0.717, 1.165) is 23.7 Å². The van der Waals surface area contributed by atoms with Gasteiger partial charge in [0.05, 0.1) is 0 Å². The summed E-state index contributed by atoms with van der Waals surface area (Å²) in [5, 5.41) is 0. The number of hydrogen-bond donors (Lipinski definition) is 0. The molecule has 4 atom stereocenters. The van der Waals surface area contributed by atoms with Crippen molar-refractivity contribution in [3.63, 3.8) is 0 Å².